The van der Waals surface area contributed by atoms with Gasteiger partial charge in [0.15, 0.2) is 0 Å². The number of pyridine rings is 1. The molecule has 0 amide bonds. The number of rotatable bonds is 14. The number of carbonyl (C=O) groups is 1. The van der Waals surface area contributed by atoms with Gasteiger partial charge in [-0.05, 0) is 145 Å². The van der Waals surface area contributed by atoms with Crippen LogP contribution in [0.2, 0.25) is 0 Å². The van der Waals surface area contributed by atoms with Crippen molar-refractivity contribution in [3.05, 3.63) is 106 Å². The first kappa shape index (κ1) is 38.9. The number of fused-ring (bicyclic) bond motifs is 4. The molecular weight excluding hydrogens is 817 g/mol. The van der Waals surface area contributed by atoms with Crippen molar-refractivity contribution in [3.8, 4) is 5.75 Å². The van der Waals surface area contributed by atoms with Gasteiger partial charge in [0.2, 0.25) is 11.2 Å². The third-order valence-corrected chi connectivity index (χ3v) is 14.1. The minimum absolute atomic E-state index is 0.0326. The molecule has 0 spiro atoms. The molecule has 12 nitrogen and oxygen atoms in total. The largest absolute Gasteiger partial charge is 0.506 e. The summed E-state index contributed by atoms with van der Waals surface area (Å²) in [4.78, 5) is 31.5. The number of hydrogen-bond acceptors (Lipinski definition) is 12. The number of halogens is 1. The smallest absolute Gasteiger partial charge is 0.349 e. The summed E-state index contributed by atoms with van der Waals surface area (Å²) in [5.74, 6) is -0.644. The van der Waals surface area contributed by atoms with Gasteiger partial charge in [0.25, 0.3) is 0 Å². The molecule has 8 rings (SSSR count). The molecule has 5 N–H and O–H groups in total. The number of nitrogens with one attached hydrogen (secondary N) is 2. The van der Waals surface area contributed by atoms with Crippen LogP contribution in [0.15, 0.2) is 68.6 Å². The number of nitrogens with zero attached hydrogens (tertiary/aromatic N) is 4. The van der Waals surface area contributed by atoms with Gasteiger partial charge in [-0.3, -0.25) is 4.79 Å². The number of aliphatic hydroxyl groups excluding tert-OH is 1. The van der Waals surface area contributed by atoms with Crippen molar-refractivity contribution in [2.24, 2.45) is 0 Å². The van der Waals surface area contributed by atoms with Crippen LogP contribution in [-0.2, 0) is 41.1 Å². The first-order valence-corrected chi connectivity index (χ1v) is 21.6. The predicted molar refractivity (Wildman–Crippen MR) is 221 cm³/mol. The highest BCUT2D eigenvalue weighted by Gasteiger charge is 2.45. The lowest BCUT2D eigenvalue weighted by Crippen LogP contribution is -2.42. The molecule has 2 aliphatic rings. The molecule has 0 saturated heterocycles. The SMILES string of the molecule is CN(CCCn1nnc2cc(CNC[C@H](O)c3ccc(O)c4[nH]c(=O)ccc34)c3c(c21)CCC3)[C@H]1CC[C@H](OC(=O)[C@](O)(c2cccs2)c2ccc(Br)s2)CC1. The van der Waals surface area contributed by atoms with E-state index in [1.54, 1.807) is 24.3 Å². The summed E-state index contributed by atoms with van der Waals surface area (Å²) in [7, 11) is 2.17. The summed E-state index contributed by atoms with van der Waals surface area (Å²) in [5.41, 5.74) is 4.64. The quantitative estimate of drug-likeness (QED) is 0.0787. The molecular formula is C41H45BrN6O6S2. The van der Waals surface area contributed by atoms with Crippen molar-refractivity contribution in [3.63, 3.8) is 0 Å². The number of aromatic hydroxyl groups is 1. The monoisotopic (exact) mass is 860 g/mol. The fraction of sp³-hybridized carbons (Fsp3) is 0.415. The molecule has 4 heterocycles. The Hall–Kier alpha value is -3.96. The zero-order chi connectivity index (χ0) is 39.0. The highest BCUT2D eigenvalue weighted by Crippen LogP contribution is 2.40. The molecule has 0 aliphatic heterocycles. The van der Waals surface area contributed by atoms with Crippen LogP contribution in [0.25, 0.3) is 21.9 Å². The molecule has 2 atom stereocenters. The van der Waals surface area contributed by atoms with Gasteiger partial charge >= 0.3 is 5.97 Å². The lowest BCUT2D eigenvalue weighted by atomic mass is 9.91. The van der Waals surface area contributed by atoms with Crippen LogP contribution in [0, 0.1) is 0 Å². The van der Waals surface area contributed by atoms with Crippen molar-refractivity contribution in [1.29, 1.82) is 0 Å². The van der Waals surface area contributed by atoms with Crippen molar-refractivity contribution < 1.29 is 24.9 Å². The average Bonchev–Trinajstić information content (AvgIpc) is 4.03. The maximum Gasteiger partial charge on any atom is 0.349 e. The average molecular weight is 862 g/mol. The van der Waals surface area contributed by atoms with E-state index >= 15 is 0 Å². The molecule has 0 radical (unpaired) electrons. The summed E-state index contributed by atoms with van der Waals surface area (Å²) in [6, 6.07) is 15.9. The zero-order valence-electron chi connectivity index (χ0n) is 31.0. The van der Waals surface area contributed by atoms with E-state index in [0.717, 1.165) is 79.3 Å². The molecule has 0 bridgehead atoms. The van der Waals surface area contributed by atoms with Crippen LogP contribution in [-0.4, -0.2) is 78.4 Å². The summed E-state index contributed by atoms with van der Waals surface area (Å²) >= 11 is 6.14. The van der Waals surface area contributed by atoms with E-state index in [2.05, 4.69) is 59.2 Å². The number of phenols is 1. The Bertz CT molecular complexity index is 2400. The van der Waals surface area contributed by atoms with E-state index in [9.17, 15) is 24.9 Å². The molecule has 2 aromatic carbocycles. The number of carbonyl (C=O) groups excluding carboxylic acids is 1. The highest BCUT2D eigenvalue weighted by molar-refractivity contribution is 9.11. The van der Waals surface area contributed by atoms with E-state index < -0.39 is 17.7 Å². The number of phenolic OH excluding ortho intramolecular Hbond substituents is 1. The fourth-order valence-corrected chi connectivity index (χ4v) is 10.8. The van der Waals surface area contributed by atoms with Crippen LogP contribution >= 0.6 is 38.6 Å². The van der Waals surface area contributed by atoms with Gasteiger partial charge in [-0.2, -0.15) is 0 Å². The summed E-state index contributed by atoms with van der Waals surface area (Å²) < 4.78 is 8.90. The van der Waals surface area contributed by atoms with Crippen LogP contribution < -0.4 is 10.9 Å². The Morgan fingerprint density at radius 1 is 1.12 bits per heavy atom. The summed E-state index contributed by atoms with van der Waals surface area (Å²) in [6.45, 7) is 2.53. The number of esters is 1. The number of aromatic amines is 1. The van der Waals surface area contributed by atoms with Gasteiger partial charge in [0.05, 0.1) is 30.7 Å². The van der Waals surface area contributed by atoms with Gasteiger partial charge in [-0.25, -0.2) is 9.48 Å². The van der Waals surface area contributed by atoms with Gasteiger partial charge in [0, 0.05) is 37.1 Å². The van der Waals surface area contributed by atoms with Crippen molar-refractivity contribution >= 4 is 66.5 Å². The molecule has 4 aromatic heterocycles. The van der Waals surface area contributed by atoms with Gasteiger partial charge in [-0.15, -0.1) is 27.8 Å². The minimum atomic E-state index is -1.82. The van der Waals surface area contributed by atoms with Gasteiger partial charge < -0.3 is 35.3 Å². The first-order valence-electron chi connectivity index (χ1n) is 19.1. The maximum atomic E-state index is 13.5. The Morgan fingerprint density at radius 3 is 2.71 bits per heavy atom. The van der Waals surface area contributed by atoms with E-state index in [4.69, 9.17) is 4.74 Å². The number of benzene rings is 2. The Morgan fingerprint density at radius 2 is 1.95 bits per heavy atom. The molecule has 1 saturated carbocycles. The molecule has 56 heavy (non-hydrogen) atoms. The Labute approximate surface area is 340 Å². The van der Waals surface area contributed by atoms with Crippen molar-refractivity contribution in [1.82, 2.24) is 30.2 Å². The van der Waals surface area contributed by atoms with E-state index in [1.165, 1.54) is 51.5 Å². The van der Waals surface area contributed by atoms with Gasteiger partial charge in [-0.1, -0.05) is 17.3 Å². The minimum Gasteiger partial charge on any atom is -0.506 e. The fourth-order valence-electron chi connectivity index (χ4n) is 8.47. The first-order chi connectivity index (χ1) is 27.1. The number of thiophene rings is 2. The van der Waals surface area contributed by atoms with E-state index in [-0.39, 0.29) is 17.4 Å². The number of aliphatic hydroxyl groups is 2. The summed E-state index contributed by atoms with van der Waals surface area (Å²) in [5, 5.41) is 48.1. The third kappa shape index (κ3) is 7.70. The number of hydrogen-bond donors (Lipinski definition) is 5. The van der Waals surface area contributed by atoms with Crippen LogP contribution in [0.3, 0.4) is 0 Å². The molecule has 2 aliphatic carbocycles. The Balaban J connectivity index is 0.843. The molecule has 15 heteroatoms. The second kappa shape index (κ2) is 16.5. The molecule has 6 aromatic rings. The standard InChI is InChI=1S/C41H45BrN6O6S2/c1-47(25-8-10-26(11-9-25)54-40(52)41(53,34-7-3-20-55-34)35-15-16-36(42)56-35)18-4-19-48-39-30-6-2-5-27(30)24(21-31(39)45-46-48)22-43-23-33(50)28-12-14-32(49)38-29(28)13-17-37(51)44-38/h3,7,12-17,20-21,25-26,33,43,49-50,53H,2,4-6,8-11,18-19,22-23H2,1H3,(H,44,51)/t25-,26-,33-,41-/m0/s1. The molecule has 1 fully saturated rings. The highest BCUT2D eigenvalue weighted by atomic mass is 79.9. The second-order valence-electron chi connectivity index (χ2n) is 14.9. The van der Waals surface area contributed by atoms with E-state index in [0.29, 0.717) is 45.4 Å². The lowest BCUT2D eigenvalue weighted by Gasteiger charge is -2.35. The maximum absolute atomic E-state index is 13.5. The molecule has 0 unspecified atom stereocenters. The van der Waals surface area contributed by atoms with Crippen molar-refractivity contribution in [2.45, 2.75) is 88.3 Å². The zero-order valence-corrected chi connectivity index (χ0v) is 34.3. The topological polar surface area (TPSA) is 166 Å². The number of aryl methyl sites for hydroxylation is 2. The number of ether oxygens (including phenoxy) is 1. The third-order valence-electron chi connectivity index (χ3n) is 11.4. The number of aromatic nitrogens is 4. The summed E-state index contributed by atoms with van der Waals surface area (Å²) in [6.07, 6.45) is 6.23. The van der Waals surface area contributed by atoms with Crippen molar-refractivity contribution in [2.75, 3.05) is 20.1 Å². The lowest BCUT2D eigenvalue weighted by molar-refractivity contribution is -0.169. The second-order valence-corrected chi connectivity index (χ2v) is 18.3. The Kier molecular flexibility index (Phi) is 11.5. The van der Waals surface area contributed by atoms with Crippen LogP contribution in [0.4, 0.5) is 0 Å². The normalized spacial score (nSPS) is 18.7. The van der Waals surface area contributed by atoms with Gasteiger partial charge in [0.1, 0.15) is 17.4 Å². The number of H-pyrrole nitrogens is 1. The van der Waals surface area contributed by atoms with E-state index in [1.807, 2.05) is 17.5 Å². The predicted octanol–water partition coefficient (Wildman–Crippen LogP) is 6.29. The van der Waals surface area contributed by atoms with Crippen LogP contribution in [0.5, 0.6) is 5.75 Å². The molecule has 294 valence electrons. The van der Waals surface area contributed by atoms with Crippen LogP contribution in [0.1, 0.15) is 76.6 Å².